The van der Waals surface area contributed by atoms with Crippen molar-refractivity contribution in [3.05, 3.63) is 62.8 Å². The number of aromatic hydroxyl groups is 1. The third-order valence-corrected chi connectivity index (χ3v) is 6.11. The smallest absolute Gasteiger partial charge is 0.332 e. The van der Waals surface area contributed by atoms with Crippen LogP contribution < -0.4 is 20.7 Å². The number of phenolic OH excluding ortho intramolecular Hbond substituents is 1. The van der Waals surface area contributed by atoms with Crippen LogP contribution in [0.25, 0.3) is 10.9 Å². The lowest BCUT2D eigenvalue weighted by Gasteiger charge is -2.31. The predicted molar refractivity (Wildman–Crippen MR) is 124 cm³/mol. The summed E-state index contributed by atoms with van der Waals surface area (Å²) in [5, 5.41) is 10.3. The summed E-state index contributed by atoms with van der Waals surface area (Å²) in [5.41, 5.74) is -0.287. The first-order valence-electron chi connectivity index (χ1n) is 11.1. The van der Waals surface area contributed by atoms with Crippen molar-refractivity contribution in [2.75, 3.05) is 26.8 Å². The van der Waals surface area contributed by atoms with E-state index in [0.717, 1.165) is 11.0 Å². The summed E-state index contributed by atoms with van der Waals surface area (Å²) in [6, 6.07) is 8.62. The maximum Gasteiger partial charge on any atom is 0.332 e. The Kier molecular flexibility index (Phi) is 7.04. The molecule has 4 rings (SSSR count). The molecule has 2 heterocycles. The second-order valence-electron chi connectivity index (χ2n) is 8.30. The fourth-order valence-corrected chi connectivity index (χ4v) is 4.37. The van der Waals surface area contributed by atoms with Crippen molar-refractivity contribution in [1.82, 2.24) is 14.0 Å². The van der Waals surface area contributed by atoms with Crippen LogP contribution in [0.1, 0.15) is 24.4 Å². The van der Waals surface area contributed by atoms with E-state index >= 15 is 0 Å². The minimum atomic E-state index is -2.68. The number of alkyl halides is 2. The van der Waals surface area contributed by atoms with Crippen LogP contribution in [-0.2, 0) is 11.3 Å². The molecule has 9 nitrogen and oxygen atoms in total. The fourth-order valence-electron chi connectivity index (χ4n) is 4.37. The molecule has 11 heteroatoms. The molecular formula is C24H25F2N3O6. The lowest BCUT2D eigenvalue weighted by atomic mass is 10.0. The lowest BCUT2D eigenvalue weighted by molar-refractivity contribution is -0.119. The van der Waals surface area contributed by atoms with E-state index in [-0.39, 0.29) is 35.2 Å². The SMILES string of the molecule is COc1ccc(Cn2c(=O)c3cc(OCC(F)F)ccc3n(C3CCN(C=O)CC3)c2=O)cc1O. The molecule has 2 aromatic carbocycles. The van der Waals surface area contributed by atoms with Crippen LogP contribution in [-0.4, -0.2) is 58.8 Å². The Morgan fingerprint density at radius 2 is 1.89 bits per heavy atom. The maximum absolute atomic E-state index is 13.6. The van der Waals surface area contributed by atoms with Crippen molar-refractivity contribution >= 4 is 17.3 Å². The zero-order valence-electron chi connectivity index (χ0n) is 19.0. The van der Waals surface area contributed by atoms with Crippen molar-refractivity contribution in [3.8, 4) is 17.2 Å². The van der Waals surface area contributed by atoms with Gasteiger partial charge in [0.15, 0.2) is 11.5 Å². The van der Waals surface area contributed by atoms with Gasteiger partial charge < -0.3 is 19.5 Å². The normalized spacial score (nSPS) is 14.5. The van der Waals surface area contributed by atoms with E-state index in [1.54, 1.807) is 11.0 Å². The summed E-state index contributed by atoms with van der Waals surface area (Å²) >= 11 is 0. The molecule has 186 valence electrons. The predicted octanol–water partition coefficient (Wildman–Crippen LogP) is 2.36. The van der Waals surface area contributed by atoms with Crippen LogP contribution in [0.5, 0.6) is 17.2 Å². The quantitative estimate of drug-likeness (QED) is 0.488. The van der Waals surface area contributed by atoms with Crippen molar-refractivity contribution in [2.24, 2.45) is 0 Å². The van der Waals surface area contributed by atoms with Crippen molar-refractivity contribution in [2.45, 2.75) is 31.9 Å². The number of phenols is 1. The van der Waals surface area contributed by atoms with E-state index in [1.165, 1.54) is 42.0 Å². The molecule has 0 bridgehead atoms. The van der Waals surface area contributed by atoms with Gasteiger partial charge in [-0.2, -0.15) is 0 Å². The minimum absolute atomic E-state index is 0.0875. The van der Waals surface area contributed by atoms with Crippen LogP contribution >= 0.6 is 0 Å². The molecule has 1 aromatic heterocycles. The van der Waals surface area contributed by atoms with Gasteiger partial charge in [-0.15, -0.1) is 0 Å². The molecule has 0 unspecified atom stereocenters. The Morgan fingerprint density at radius 3 is 2.51 bits per heavy atom. The molecule has 0 radical (unpaired) electrons. The van der Waals surface area contributed by atoms with Gasteiger partial charge >= 0.3 is 5.69 Å². The molecule has 3 aromatic rings. The number of carbonyl (C=O) groups is 1. The van der Waals surface area contributed by atoms with Gasteiger partial charge in [-0.05, 0) is 48.7 Å². The first-order valence-corrected chi connectivity index (χ1v) is 11.1. The van der Waals surface area contributed by atoms with Gasteiger partial charge in [0.25, 0.3) is 12.0 Å². The molecule has 1 N–H and O–H groups in total. The van der Waals surface area contributed by atoms with Crippen LogP contribution in [0.3, 0.4) is 0 Å². The molecule has 1 fully saturated rings. The standard InChI is InChI=1S/C24H25F2N3O6/c1-34-21-5-2-15(10-20(21)31)12-28-23(32)18-11-17(35-13-22(25)26)3-4-19(18)29(24(28)33)16-6-8-27(14-30)9-7-16/h2-5,10-11,14,16,22,31H,6-9,12-13H2,1H3. The molecule has 1 aliphatic heterocycles. The molecular weight excluding hydrogens is 464 g/mol. The third kappa shape index (κ3) is 4.98. The molecule has 0 saturated carbocycles. The first kappa shape index (κ1) is 24.2. The molecule has 0 atom stereocenters. The van der Waals surface area contributed by atoms with Crippen LogP contribution in [0.15, 0.2) is 46.0 Å². The number of nitrogens with zero attached hydrogens (tertiary/aromatic N) is 3. The number of halogens is 2. The minimum Gasteiger partial charge on any atom is -0.504 e. The van der Waals surface area contributed by atoms with Gasteiger partial charge in [0.1, 0.15) is 12.4 Å². The number of hydrogen-bond donors (Lipinski definition) is 1. The van der Waals surface area contributed by atoms with Crippen molar-refractivity contribution in [1.29, 1.82) is 0 Å². The van der Waals surface area contributed by atoms with Crippen molar-refractivity contribution < 1.29 is 28.2 Å². The number of piperidine rings is 1. The third-order valence-electron chi connectivity index (χ3n) is 6.11. The van der Waals surface area contributed by atoms with Gasteiger partial charge in [-0.25, -0.2) is 13.6 Å². The van der Waals surface area contributed by atoms with Gasteiger partial charge in [0.05, 0.1) is 24.6 Å². The molecule has 0 spiro atoms. The van der Waals surface area contributed by atoms with Crippen LogP contribution in [0.4, 0.5) is 8.78 Å². The molecule has 1 saturated heterocycles. The highest BCUT2D eigenvalue weighted by Gasteiger charge is 2.25. The summed E-state index contributed by atoms with van der Waals surface area (Å²) in [6.07, 6.45) is -0.888. The summed E-state index contributed by atoms with van der Waals surface area (Å²) in [6.45, 7) is -0.0264. The second-order valence-corrected chi connectivity index (χ2v) is 8.30. The molecule has 0 aliphatic carbocycles. The highest BCUT2D eigenvalue weighted by atomic mass is 19.3. The van der Waals surface area contributed by atoms with E-state index < -0.39 is 24.3 Å². The zero-order valence-corrected chi connectivity index (χ0v) is 19.0. The van der Waals surface area contributed by atoms with E-state index in [1.807, 2.05) is 0 Å². The van der Waals surface area contributed by atoms with E-state index in [4.69, 9.17) is 9.47 Å². The number of methoxy groups -OCH3 is 1. The largest absolute Gasteiger partial charge is 0.504 e. The van der Waals surface area contributed by atoms with Gasteiger partial charge in [-0.3, -0.25) is 18.7 Å². The topological polar surface area (TPSA) is 103 Å². The Morgan fingerprint density at radius 1 is 1.14 bits per heavy atom. The zero-order chi connectivity index (χ0) is 25.1. The summed E-state index contributed by atoms with van der Waals surface area (Å²) < 4.78 is 38.0. The monoisotopic (exact) mass is 489 g/mol. The fraction of sp³-hybridized carbons (Fsp3) is 0.375. The van der Waals surface area contributed by atoms with Gasteiger partial charge in [0, 0.05) is 19.1 Å². The summed E-state index contributed by atoms with van der Waals surface area (Å²) in [4.78, 5) is 39.7. The Balaban J connectivity index is 1.84. The Hall–Kier alpha value is -3.89. The van der Waals surface area contributed by atoms with Crippen LogP contribution in [0.2, 0.25) is 0 Å². The average Bonchev–Trinajstić information content (AvgIpc) is 2.86. The van der Waals surface area contributed by atoms with Crippen LogP contribution in [0, 0.1) is 0 Å². The van der Waals surface area contributed by atoms with E-state index in [9.17, 15) is 28.3 Å². The first-order chi connectivity index (χ1) is 16.8. The highest BCUT2D eigenvalue weighted by molar-refractivity contribution is 5.80. The average molecular weight is 489 g/mol. The number of amides is 1. The lowest BCUT2D eigenvalue weighted by Crippen LogP contribution is -2.44. The number of rotatable bonds is 8. The number of hydrogen-bond acceptors (Lipinski definition) is 6. The number of benzene rings is 2. The number of ether oxygens (including phenoxy) is 2. The summed E-state index contributed by atoms with van der Waals surface area (Å²) in [7, 11) is 1.41. The molecule has 1 amide bonds. The summed E-state index contributed by atoms with van der Waals surface area (Å²) in [5.74, 6) is 0.201. The number of aromatic nitrogens is 2. The maximum atomic E-state index is 13.6. The highest BCUT2D eigenvalue weighted by Crippen LogP contribution is 2.28. The number of likely N-dealkylation sites (tertiary alicyclic amines) is 1. The number of fused-ring (bicyclic) bond motifs is 1. The van der Waals surface area contributed by atoms with E-state index in [0.29, 0.717) is 37.0 Å². The van der Waals surface area contributed by atoms with Crippen molar-refractivity contribution in [3.63, 3.8) is 0 Å². The second kappa shape index (κ2) is 10.2. The molecule has 35 heavy (non-hydrogen) atoms. The Bertz CT molecular complexity index is 1350. The van der Waals surface area contributed by atoms with E-state index in [2.05, 4.69) is 0 Å². The molecule has 1 aliphatic rings. The Labute approximate surface area is 198 Å². The van der Waals surface area contributed by atoms with Gasteiger partial charge in [0.2, 0.25) is 6.41 Å². The number of carbonyl (C=O) groups excluding carboxylic acids is 1. The van der Waals surface area contributed by atoms with Gasteiger partial charge in [-0.1, -0.05) is 6.07 Å².